The fourth-order valence-electron chi connectivity index (χ4n) is 1.55. The molecule has 0 unspecified atom stereocenters. The maximum absolute atomic E-state index is 12.9. The second-order valence-corrected chi connectivity index (χ2v) is 3.50. The summed E-state index contributed by atoms with van der Waals surface area (Å²) in [6.45, 7) is 0.0156. The van der Waals surface area contributed by atoms with E-state index in [0.29, 0.717) is 5.56 Å². The van der Waals surface area contributed by atoms with Gasteiger partial charge in [-0.05, 0) is 17.7 Å². The number of H-pyrrole nitrogens is 1. The minimum Gasteiger partial charge on any atom is -0.477 e. The molecule has 88 valence electrons. The van der Waals surface area contributed by atoms with E-state index in [2.05, 4.69) is 4.98 Å². The lowest BCUT2D eigenvalue weighted by atomic mass is 10.2. The van der Waals surface area contributed by atoms with Crippen LogP contribution in [-0.4, -0.2) is 20.6 Å². The molecular formula is C11H9FN2O3. The number of halogens is 1. The van der Waals surface area contributed by atoms with Crippen molar-refractivity contribution in [3.05, 3.63) is 58.0 Å². The van der Waals surface area contributed by atoms with Crippen molar-refractivity contribution in [2.45, 2.75) is 6.54 Å². The zero-order chi connectivity index (χ0) is 12.4. The molecule has 0 radical (unpaired) electrons. The van der Waals surface area contributed by atoms with Crippen LogP contribution in [0.2, 0.25) is 0 Å². The Labute approximate surface area is 95.1 Å². The molecule has 1 heterocycles. The van der Waals surface area contributed by atoms with Crippen LogP contribution in [0.1, 0.15) is 16.1 Å². The van der Waals surface area contributed by atoms with Crippen LogP contribution in [0.15, 0.2) is 35.3 Å². The Morgan fingerprint density at radius 1 is 1.47 bits per heavy atom. The van der Waals surface area contributed by atoms with Gasteiger partial charge in [0.05, 0.1) is 6.54 Å². The summed E-state index contributed by atoms with van der Waals surface area (Å²) in [5.74, 6) is -1.64. The van der Waals surface area contributed by atoms with E-state index in [1.54, 1.807) is 6.07 Å². The summed E-state index contributed by atoms with van der Waals surface area (Å²) in [4.78, 5) is 24.5. The third kappa shape index (κ3) is 2.25. The van der Waals surface area contributed by atoms with Gasteiger partial charge in [-0.1, -0.05) is 12.1 Å². The molecule has 5 nitrogen and oxygen atoms in total. The molecular weight excluding hydrogens is 227 g/mol. The van der Waals surface area contributed by atoms with Crippen LogP contribution in [0, 0.1) is 5.82 Å². The fraction of sp³-hybridized carbons (Fsp3) is 0.0909. The van der Waals surface area contributed by atoms with Gasteiger partial charge in [-0.2, -0.15) is 0 Å². The van der Waals surface area contributed by atoms with Crippen molar-refractivity contribution in [1.82, 2.24) is 9.55 Å². The molecule has 0 aliphatic rings. The molecule has 0 spiro atoms. The molecule has 2 rings (SSSR count). The van der Waals surface area contributed by atoms with E-state index in [9.17, 15) is 14.0 Å². The summed E-state index contributed by atoms with van der Waals surface area (Å²) >= 11 is 0. The maximum atomic E-state index is 12.9. The monoisotopic (exact) mass is 236 g/mol. The molecule has 2 N–H and O–H groups in total. The second kappa shape index (κ2) is 4.25. The number of aromatic amines is 1. The Hall–Kier alpha value is -2.37. The number of imidazole rings is 1. The van der Waals surface area contributed by atoms with E-state index in [4.69, 9.17) is 5.11 Å². The molecule has 2 aromatic rings. The number of hydrogen-bond acceptors (Lipinski definition) is 2. The lowest BCUT2D eigenvalue weighted by Crippen LogP contribution is -2.21. The summed E-state index contributed by atoms with van der Waals surface area (Å²) in [5.41, 5.74) is -0.167. The summed E-state index contributed by atoms with van der Waals surface area (Å²) in [5, 5.41) is 8.86. The highest BCUT2D eigenvalue weighted by Gasteiger charge is 2.13. The molecule has 6 heteroatoms. The number of benzene rings is 1. The van der Waals surface area contributed by atoms with Crippen LogP contribution in [0.25, 0.3) is 0 Å². The molecule has 0 bridgehead atoms. The fourth-order valence-corrected chi connectivity index (χ4v) is 1.55. The maximum Gasteiger partial charge on any atom is 0.354 e. The van der Waals surface area contributed by atoms with E-state index < -0.39 is 17.5 Å². The molecule has 1 aromatic heterocycles. The third-order valence-corrected chi connectivity index (χ3v) is 2.32. The number of rotatable bonds is 3. The molecule has 0 amide bonds. The van der Waals surface area contributed by atoms with Gasteiger partial charge >= 0.3 is 11.7 Å². The van der Waals surface area contributed by atoms with Gasteiger partial charge < -0.3 is 10.1 Å². The number of carboxylic acid groups (broad SMARTS) is 1. The van der Waals surface area contributed by atoms with E-state index in [1.807, 2.05) is 0 Å². The van der Waals surface area contributed by atoms with Gasteiger partial charge in [0, 0.05) is 6.20 Å². The first-order valence-electron chi connectivity index (χ1n) is 4.84. The van der Waals surface area contributed by atoms with Crippen molar-refractivity contribution in [3.8, 4) is 0 Å². The van der Waals surface area contributed by atoms with E-state index in [0.717, 1.165) is 10.8 Å². The van der Waals surface area contributed by atoms with Crippen LogP contribution in [0.3, 0.4) is 0 Å². The van der Waals surface area contributed by atoms with Gasteiger partial charge in [-0.25, -0.2) is 14.0 Å². The van der Waals surface area contributed by atoms with Crippen LogP contribution in [0.5, 0.6) is 0 Å². The number of nitrogens with one attached hydrogen (secondary N) is 1. The number of hydrogen-bond donors (Lipinski definition) is 2. The molecule has 0 saturated carbocycles. The number of aromatic carboxylic acids is 1. The normalized spacial score (nSPS) is 10.4. The summed E-state index contributed by atoms with van der Waals surface area (Å²) in [6.07, 6.45) is 1.12. The number of carboxylic acids is 1. The van der Waals surface area contributed by atoms with Gasteiger partial charge in [-0.3, -0.25) is 4.57 Å². The standard InChI is InChI=1S/C11H9FN2O3/c12-8-3-1-2-7(4-8)6-14-9(10(15)16)5-13-11(14)17/h1-5H,6H2,(H,13,17)(H,15,16). The Morgan fingerprint density at radius 2 is 2.24 bits per heavy atom. The minimum atomic E-state index is -1.21. The largest absolute Gasteiger partial charge is 0.477 e. The first-order chi connectivity index (χ1) is 8.08. The zero-order valence-electron chi connectivity index (χ0n) is 8.68. The highest BCUT2D eigenvalue weighted by Crippen LogP contribution is 2.06. The average Bonchev–Trinajstić information content (AvgIpc) is 2.61. The summed E-state index contributed by atoms with van der Waals surface area (Å²) in [6, 6.07) is 5.66. The number of aromatic nitrogens is 2. The molecule has 0 aliphatic heterocycles. The lowest BCUT2D eigenvalue weighted by molar-refractivity contribution is 0.0685. The van der Waals surface area contributed by atoms with Crippen LogP contribution < -0.4 is 5.69 Å². The molecule has 0 fully saturated rings. The third-order valence-electron chi connectivity index (χ3n) is 2.32. The lowest BCUT2D eigenvalue weighted by Gasteiger charge is -2.04. The van der Waals surface area contributed by atoms with E-state index in [-0.39, 0.29) is 12.2 Å². The zero-order valence-corrected chi connectivity index (χ0v) is 8.68. The van der Waals surface area contributed by atoms with Crippen molar-refractivity contribution in [2.75, 3.05) is 0 Å². The number of nitrogens with zero attached hydrogens (tertiary/aromatic N) is 1. The number of carbonyl (C=O) groups is 1. The first-order valence-corrected chi connectivity index (χ1v) is 4.84. The van der Waals surface area contributed by atoms with Gasteiger partial charge in [0.1, 0.15) is 11.5 Å². The smallest absolute Gasteiger partial charge is 0.354 e. The first kappa shape index (κ1) is 11.1. The van der Waals surface area contributed by atoms with Gasteiger partial charge in [0.2, 0.25) is 0 Å². The second-order valence-electron chi connectivity index (χ2n) is 3.50. The highest BCUT2D eigenvalue weighted by molar-refractivity contribution is 5.85. The van der Waals surface area contributed by atoms with E-state index >= 15 is 0 Å². The van der Waals surface area contributed by atoms with Crippen LogP contribution in [-0.2, 0) is 6.54 Å². The topological polar surface area (TPSA) is 75.1 Å². The SMILES string of the molecule is O=C(O)c1c[nH]c(=O)n1Cc1cccc(F)c1. The predicted molar refractivity (Wildman–Crippen MR) is 57.5 cm³/mol. The Bertz CT molecular complexity index is 615. The Balaban J connectivity index is 2.39. The quantitative estimate of drug-likeness (QED) is 0.836. The van der Waals surface area contributed by atoms with Crippen molar-refractivity contribution < 1.29 is 14.3 Å². The van der Waals surface area contributed by atoms with Crippen molar-refractivity contribution >= 4 is 5.97 Å². The van der Waals surface area contributed by atoms with Crippen LogP contribution >= 0.6 is 0 Å². The molecule has 0 atom stereocenters. The summed E-state index contributed by atoms with van der Waals surface area (Å²) in [7, 11) is 0. The Kier molecular flexibility index (Phi) is 2.78. The molecule has 1 aromatic carbocycles. The Morgan fingerprint density at radius 3 is 2.88 bits per heavy atom. The van der Waals surface area contributed by atoms with Crippen molar-refractivity contribution in [1.29, 1.82) is 0 Å². The van der Waals surface area contributed by atoms with Gasteiger partial charge in [-0.15, -0.1) is 0 Å². The highest BCUT2D eigenvalue weighted by atomic mass is 19.1. The van der Waals surface area contributed by atoms with E-state index in [1.165, 1.54) is 18.2 Å². The molecule has 0 saturated heterocycles. The predicted octanol–water partition coefficient (Wildman–Crippen LogP) is 1.06. The minimum absolute atomic E-state index is 0.0156. The van der Waals surface area contributed by atoms with Gasteiger partial charge in [0.15, 0.2) is 0 Å². The summed E-state index contributed by atoms with van der Waals surface area (Å²) < 4.78 is 14.0. The van der Waals surface area contributed by atoms with Crippen molar-refractivity contribution in [2.24, 2.45) is 0 Å². The molecule has 0 aliphatic carbocycles. The van der Waals surface area contributed by atoms with Crippen LogP contribution in [0.4, 0.5) is 4.39 Å². The average molecular weight is 236 g/mol. The molecule has 17 heavy (non-hydrogen) atoms. The van der Waals surface area contributed by atoms with Gasteiger partial charge in [0.25, 0.3) is 0 Å². The van der Waals surface area contributed by atoms with Crippen molar-refractivity contribution in [3.63, 3.8) is 0 Å².